The number of aromatic nitrogens is 1. The van der Waals surface area contributed by atoms with Crippen LogP contribution in [0.3, 0.4) is 0 Å². The van der Waals surface area contributed by atoms with Crippen LogP contribution in [0.2, 0.25) is 0 Å². The first-order valence-corrected chi connectivity index (χ1v) is 8.51. The monoisotopic (exact) mass is 376 g/mol. The van der Waals surface area contributed by atoms with Crippen molar-refractivity contribution in [2.24, 2.45) is 5.10 Å². The zero-order valence-corrected chi connectivity index (χ0v) is 15.1. The number of nitrogens with one attached hydrogen (secondary N) is 1. The summed E-state index contributed by atoms with van der Waals surface area (Å²) in [5, 5.41) is 4.98. The Labute approximate surface area is 145 Å². The molecule has 1 N–H and O–H groups in total. The predicted molar refractivity (Wildman–Crippen MR) is 90.2 cm³/mol. The summed E-state index contributed by atoms with van der Waals surface area (Å²) < 4.78 is 0. The van der Waals surface area contributed by atoms with Gasteiger partial charge in [0.2, 0.25) is 0 Å². The summed E-state index contributed by atoms with van der Waals surface area (Å²) in [6.07, 6.45) is 3.91. The molecule has 1 aromatic rings. The van der Waals surface area contributed by atoms with Crippen molar-refractivity contribution in [3.8, 4) is 0 Å². The summed E-state index contributed by atoms with van der Waals surface area (Å²) in [7, 11) is 4.20. The molecular weight excluding hydrogens is 355 g/mol. The van der Waals surface area contributed by atoms with E-state index in [2.05, 4.69) is 59.5 Å². The molecule has 0 aliphatic carbocycles. The first kappa shape index (κ1) is 20.3. The van der Waals surface area contributed by atoms with Crippen molar-refractivity contribution in [2.75, 3.05) is 13.1 Å². The van der Waals surface area contributed by atoms with Gasteiger partial charge in [-0.25, -0.2) is 0 Å². The van der Waals surface area contributed by atoms with Crippen LogP contribution < -0.4 is 5.43 Å². The Balaban J connectivity index is 0.00000191. The number of pyridine rings is 1. The Hall–Kier alpha value is -0.681. The molecule has 0 aromatic carbocycles. The maximum absolute atomic E-state index is 5.36. The van der Waals surface area contributed by atoms with E-state index in [9.17, 15) is 0 Å². The van der Waals surface area contributed by atoms with Crippen molar-refractivity contribution >= 4 is 33.1 Å². The summed E-state index contributed by atoms with van der Waals surface area (Å²) in [5.41, 5.74) is 4.64. The molecule has 0 aliphatic rings. The van der Waals surface area contributed by atoms with E-state index >= 15 is 0 Å². The molecule has 0 bridgehead atoms. The number of halogens is 1. The number of hydrazone groups is 1. The molecule has 0 saturated carbocycles. The van der Waals surface area contributed by atoms with Gasteiger partial charge in [-0.3, -0.25) is 10.4 Å². The normalized spacial score (nSPS) is 10.5. The molecule has 0 radical (unpaired) electrons. The molecule has 0 fully saturated rings. The van der Waals surface area contributed by atoms with Gasteiger partial charge in [-0.05, 0) is 44.1 Å². The third-order valence-electron chi connectivity index (χ3n) is 2.63. The molecule has 0 atom stereocenters. The molecule has 4 nitrogen and oxygen atoms in total. The van der Waals surface area contributed by atoms with E-state index in [0.29, 0.717) is 5.11 Å². The van der Waals surface area contributed by atoms with Crippen LogP contribution >= 0.6 is 22.3 Å². The molecule has 1 aromatic heterocycles. The third-order valence-corrected chi connectivity index (χ3v) is 2.98. The van der Waals surface area contributed by atoms with Gasteiger partial charge in [0.05, 0.1) is 11.4 Å². The molecule has 0 unspecified atom stereocenters. The standard InChI is InChI=1S/C14H22N4S.ClH.Cu/c1-4-10-18(11-5-2)14(19)17-16-12(3)13-8-6-7-9-15-13;;/h6-9H,4-5,10-11H2,1-3H3,(H,17,19);1H;/q;;+2/p-1. The maximum atomic E-state index is 5.36. The van der Waals surface area contributed by atoms with Crippen molar-refractivity contribution in [1.82, 2.24) is 15.3 Å². The van der Waals surface area contributed by atoms with Gasteiger partial charge in [0.1, 0.15) is 0 Å². The van der Waals surface area contributed by atoms with Crippen molar-refractivity contribution in [1.29, 1.82) is 0 Å². The molecule has 0 aliphatic heterocycles. The van der Waals surface area contributed by atoms with Crippen molar-refractivity contribution in [3.05, 3.63) is 30.1 Å². The van der Waals surface area contributed by atoms with Crippen LogP contribution in [-0.4, -0.2) is 33.8 Å². The first-order valence-electron chi connectivity index (χ1n) is 6.81. The van der Waals surface area contributed by atoms with Crippen molar-refractivity contribution in [2.45, 2.75) is 33.6 Å². The molecule has 7 heteroatoms. The van der Waals surface area contributed by atoms with Gasteiger partial charge in [-0.2, -0.15) is 5.10 Å². The molecule has 121 valence electrons. The fourth-order valence-corrected chi connectivity index (χ4v) is 1.92. The summed E-state index contributed by atoms with van der Waals surface area (Å²) in [4.78, 5) is 6.39. The summed E-state index contributed by atoms with van der Waals surface area (Å²) in [5.74, 6) is 0. The minimum atomic E-state index is 0.680. The van der Waals surface area contributed by atoms with Gasteiger partial charge < -0.3 is 4.90 Å². The van der Waals surface area contributed by atoms with E-state index in [1.165, 1.54) is 0 Å². The van der Waals surface area contributed by atoms with Gasteiger partial charge >= 0.3 is 25.2 Å². The minimum absolute atomic E-state index is 0.680. The molecule has 0 saturated heterocycles. The van der Waals surface area contributed by atoms with Crippen LogP contribution in [0.5, 0.6) is 0 Å². The quantitative estimate of drug-likeness (QED) is 0.357. The Bertz CT molecular complexity index is 422. The molecule has 1 rings (SSSR count). The van der Waals surface area contributed by atoms with Crippen LogP contribution in [0.15, 0.2) is 29.5 Å². The third kappa shape index (κ3) is 8.37. The zero-order chi connectivity index (χ0) is 16.1. The Kier molecular flexibility index (Phi) is 12.6. The van der Waals surface area contributed by atoms with Gasteiger partial charge in [-0.15, -0.1) is 0 Å². The molecule has 0 spiro atoms. The molecule has 0 amide bonds. The van der Waals surface area contributed by atoms with E-state index in [0.717, 1.165) is 37.3 Å². The zero-order valence-electron chi connectivity index (χ0n) is 12.6. The van der Waals surface area contributed by atoms with Crippen LogP contribution in [0, 0.1) is 0 Å². The Morgan fingerprint density at radius 3 is 2.43 bits per heavy atom. The number of thiocarbonyl (C=S) groups is 1. The number of nitrogens with zero attached hydrogens (tertiary/aromatic N) is 3. The summed E-state index contributed by atoms with van der Waals surface area (Å²) in [6.45, 7) is 8.12. The SMILES string of the molecule is CCCN(CCC)C(=S)NN=C(C)c1ccccn1.[Cl][Cu+]. The predicted octanol–water partition coefficient (Wildman–Crippen LogP) is 3.49. The second-order valence-electron chi connectivity index (χ2n) is 4.32. The van der Waals surface area contributed by atoms with Crippen LogP contribution in [0.1, 0.15) is 39.3 Å². The fourth-order valence-electron chi connectivity index (χ4n) is 1.69. The van der Waals surface area contributed by atoms with Gasteiger partial charge in [0.25, 0.3) is 0 Å². The second kappa shape index (κ2) is 13.0. The fraction of sp³-hybridized carbons (Fsp3) is 0.500. The van der Waals surface area contributed by atoms with Crippen LogP contribution in [0.25, 0.3) is 0 Å². The van der Waals surface area contributed by atoms with Gasteiger partial charge in [-0.1, -0.05) is 19.9 Å². The average molecular weight is 377 g/mol. The topological polar surface area (TPSA) is 40.5 Å². The number of hydrogen-bond donors (Lipinski definition) is 1. The Morgan fingerprint density at radius 1 is 1.33 bits per heavy atom. The van der Waals surface area contributed by atoms with Crippen LogP contribution in [0.4, 0.5) is 0 Å². The second-order valence-corrected chi connectivity index (χ2v) is 4.70. The number of hydrogen-bond acceptors (Lipinski definition) is 3. The number of rotatable bonds is 6. The first-order chi connectivity index (χ1) is 10.2. The molecule has 21 heavy (non-hydrogen) atoms. The van der Waals surface area contributed by atoms with E-state index in [1.54, 1.807) is 6.20 Å². The summed E-state index contributed by atoms with van der Waals surface area (Å²) >= 11 is 9.02. The van der Waals surface area contributed by atoms with E-state index < -0.39 is 0 Å². The molecule has 1 heterocycles. The van der Waals surface area contributed by atoms with Gasteiger partial charge in [0, 0.05) is 19.3 Å². The Morgan fingerprint density at radius 2 is 1.95 bits per heavy atom. The van der Waals surface area contributed by atoms with E-state index in [-0.39, 0.29) is 0 Å². The average Bonchev–Trinajstić information content (AvgIpc) is 2.54. The van der Waals surface area contributed by atoms with E-state index in [4.69, 9.17) is 12.2 Å². The molecular formula is C14H22ClCuN4S+. The van der Waals surface area contributed by atoms with Crippen LogP contribution in [-0.2, 0) is 15.1 Å². The van der Waals surface area contributed by atoms with Crippen molar-refractivity contribution in [3.63, 3.8) is 0 Å². The van der Waals surface area contributed by atoms with E-state index in [1.807, 2.05) is 25.1 Å². The van der Waals surface area contributed by atoms with Gasteiger partial charge in [0.15, 0.2) is 5.11 Å². The van der Waals surface area contributed by atoms with Crippen molar-refractivity contribution < 1.29 is 15.1 Å². The summed E-state index contributed by atoms with van der Waals surface area (Å²) in [6, 6.07) is 5.76.